The second-order valence-electron chi connectivity index (χ2n) is 9.25. The van der Waals surface area contributed by atoms with Crippen LogP contribution in [0.2, 0.25) is 0 Å². The lowest BCUT2D eigenvalue weighted by Gasteiger charge is -2.35. The third-order valence-corrected chi connectivity index (χ3v) is 8.44. The summed E-state index contributed by atoms with van der Waals surface area (Å²) < 4.78 is 73.9. The van der Waals surface area contributed by atoms with E-state index in [0.717, 1.165) is 37.8 Å². The fourth-order valence-electron chi connectivity index (χ4n) is 5.19. The van der Waals surface area contributed by atoms with E-state index in [9.17, 15) is 21.6 Å². The number of aromatic nitrogens is 2. The quantitative estimate of drug-likeness (QED) is 0.562. The van der Waals surface area contributed by atoms with E-state index in [-0.39, 0.29) is 13.1 Å². The molecule has 0 radical (unpaired) electrons. The smallest absolute Gasteiger partial charge is 0.495 e. The van der Waals surface area contributed by atoms with Gasteiger partial charge in [-0.1, -0.05) is 37.8 Å². The average molecular weight is 501 g/mol. The number of para-hydroxylation sites is 1. The molecule has 1 saturated carbocycles. The van der Waals surface area contributed by atoms with Crippen molar-refractivity contribution in [1.29, 1.82) is 0 Å². The highest BCUT2D eigenvalue weighted by molar-refractivity contribution is 7.89. The van der Waals surface area contributed by atoms with Crippen molar-refractivity contribution >= 4 is 15.7 Å². The molecule has 1 aromatic heterocycles. The SMILES string of the molecule is COc1cccc2c1N(Cc1cn(C)cn1)[C@H](CCC1CCCC1)CN(S(=O)(=O)C(F)(F)F)C2. The zero-order chi connectivity index (χ0) is 24.5. The van der Waals surface area contributed by atoms with Crippen molar-refractivity contribution in [2.45, 2.75) is 63.2 Å². The van der Waals surface area contributed by atoms with E-state index in [4.69, 9.17) is 4.74 Å². The van der Waals surface area contributed by atoms with E-state index in [1.807, 2.05) is 22.7 Å². The van der Waals surface area contributed by atoms with Gasteiger partial charge in [0.2, 0.25) is 0 Å². The summed E-state index contributed by atoms with van der Waals surface area (Å²) in [6.45, 7) is -0.282. The molecule has 0 unspecified atom stereocenters. The number of halogens is 3. The first kappa shape index (κ1) is 24.8. The number of aryl methyl sites for hydroxylation is 1. The number of alkyl halides is 3. The van der Waals surface area contributed by atoms with Crippen molar-refractivity contribution < 1.29 is 26.3 Å². The lowest BCUT2D eigenvalue weighted by molar-refractivity contribution is -0.0492. The van der Waals surface area contributed by atoms with Crippen molar-refractivity contribution in [2.24, 2.45) is 13.0 Å². The monoisotopic (exact) mass is 500 g/mol. The minimum absolute atomic E-state index is 0.251. The zero-order valence-corrected chi connectivity index (χ0v) is 20.3. The molecule has 4 rings (SSSR count). The largest absolute Gasteiger partial charge is 0.511 e. The predicted molar refractivity (Wildman–Crippen MR) is 123 cm³/mol. The molecule has 0 amide bonds. The fraction of sp³-hybridized carbons (Fsp3) is 0.609. The van der Waals surface area contributed by atoms with Gasteiger partial charge in [-0.25, -0.2) is 13.4 Å². The first-order valence-corrected chi connectivity index (χ1v) is 13.0. The number of benzene rings is 1. The maximum Gasteiger partial charge on any atom is 0.511 e. The van der Waals surface area contributed by atoms with Gasteiger partial charge in [0, 0.05) is 32.4 Å². The Balaban J connectivity index is 1.78. The molecule has 2 aromatic rings. The van der Waals surface area contributed by atoms with Gasteiger partial charge in [0.05, 0.1) is 31.4 Å². The van der Waals surface area contributed by atoms with Crippen LogP contribution in [0, 0.1) is 5.92 Å². The average Bonchev–Trinajstić information content (AvgIpc) is 3.41. The highest BCUT2D eigenvalue weighted by atomic mass is 32.2. The highest BCUT2D eigenvalue weighted by Gasteiger charge is 2.51. The Hall–Kier alpha value is -2.27. The molecule has 1 atom stereocenters. The second kappa shape index (κ2) is 9.77. The minimum Gasteiger partial charge on any atom is -0.495 e. The van der Waals surface area contributed by atoms with E-state index in [1.165, 1.54) is 7.11 Å². The number of anilines is 1. The van der Waals surface area contributed by atoms with E-state index in [1.54, 1.807) is 24.5 Å². The number of fused-ring (bicyclic) bond motifs is 1. The number of hydrogen-bond donors (Lipinski definition) is 0. The molecule has 0 spiro atoms. The lowest BCUT2D eigenvalue weighted by Crippen LogP contribution is -2.47. The molecule has 34 heavy (non-hydrogen) atoms. The van der Waals surface area contributed by atoms with Crippen molar-refractivity contribution in [1.82, 2.24) is 13.9 Å². The molecule has 1 aliphatic heterocycles. The second-order valence-corrected chi connectivity index (χ2v) is 11.2. The van der Waals surface area contributed by atoms with Gasteiger partial charge in [0.1, 0.15) is 5.75 Å². The van der Waals surface area contributed by atoms with Crippen LogP contribution in [-0.2, 0) is 30.2 Å². The molecule has 2 aliphatic rings. The van der Waals surface area contributed by atoms with Gasteiger partial charge >= 0.3 is 15.5 Å². The normalized spacial score (nSPS) is 20.4. The summed E-state index contributed by atoms with van der Waals surface area (Å²) in [5.41, 5.74) is -3.51. The molecule has 2 heterocycles. The molecule has 1 aliphatic carbocycles. The molecule has 0 saturated heterocycles. The number of sulfonamides is 1. The summed E-state index contributed by atoms with van der Waals surface area (Å²) in [6.07, 6.45) is 9.50. The van der Waals surface area contributed by atoms with Crippen molar-refractivity contribution in [3.8, 4) is 5.75 Å². The number of ether oxygens (including phenoxy) is 1. The fourth-order valence-corrected chi connectivity index (χ4v) is 6.16. The standard InChI is InChI=1S/C23H31F3N4O3S/c1-28-13-19(27-16-28)14-30-20(11-10-17-6-3-4-7-17)15-29(34(31,32)23(24,25)26)12-18-8-5-9-21(33-2)22(18)30/h5,8-9,13,16-17,20H,3-4,6-7,10-12,14-15H2,1-2H3/t20-/m1/s1. The zero-order valence-electron chi connectivity index (χ0n) is 19.5. The van der Waals surface area contributed by atoms with Crippen LogP contribution < -0.4 is 9.64 Å². The summed E-state index contributed by atoms with van der Waals surface area (Å²) in [7, 11) is -2.14. The molecule has 188 valence electrons. The number of imidazole rings is 1. The van der Waals surface area contributed by atoms with Gasteiger partial charge in [0.15, 0.2) is 0 Å². The summed E-state index contributed by atoms with van der Waals surface area (Å²) in [5.74, 6) is 1.02. The summed E-state index contributed by atoms with van der Waals surface area (Å²) in [4.78, 5) is 6.41. The van der Waals surface area contributed by atoms with Gasteiger partial charge < -0.3 is 14.2 Å². The van der Waals surface area contributed by atoms with Crippen molar-refractivity contribution in [3.05, 3.63) is 42.0 Å². The van der Waals surface area contributed by atoms with Gasteiger partial charge in [0.25, 0.3) is 0 Å². The summed E-state index contributed by atoms with van der Waals surface area (Å²) >= 11 is 0. The van der Waals surface area contributed by atoms with Crippen LogP contribution in [0.3, 0.4) is 0 Å². The van der Waals surface area contributed by atoms with Gasteiger partial charge in [-0.15, -0.1) is 0 Å². The Kier molecular flexibility index (Phi) is 7.14. The van der Waals surface area contributed by atoms with Gasteiger partial charge in [-0.05, 0) is 30.4 Å². The molecule has 1 aromatic carbocycles. The molecule has 7 nitrogen and oxygen atoms in total. The highest BCUT2D eigenvalue weighted by Crippen LogP contribution is 2.41. The van der Waals surface area contributed by atoms with E-state index in [2.05, 4.69) is 4.98 Å². The first-order chi connectivity index (χ1) is 16.1. The number of rotatable bonds is 7. The molecular weight excluding hydrogens is 469 g/mol. The number of methoxy groups -OCH3 is 1. The van der Waals surface area contributed by atoms with Crippen LogP contribution in [-0.4, -0.2) is 47.5 Å². The molecular formula is C23H31F3N4O3S. The maximum atomic E-state index is 13.6. The van der Waals surface area contributed by atoms with Crippen LogP contribution in [0.25, 0.3) is 0 Å². The number of nitrogens with zero attached hydrogens (tertiary/aromatic N) is 4. The molecule has 1 fully saturated rings. The minimum atomic E-state index is -5.50. The number of hydrogen-bond acceptors (Lipinski definition) is 5. The Morgan fingerprint density at radius 3 is 2.53 bits per heavy atom. The first-order valence-electron chi connectivity index (χ1n) is 11.6. The molecule has 11 heteroatoms. The third-order valence-electron chi connectivity index (χ3n) is 6.90. The molecule has 0 N–H and O–H groups in total. The summed E-state index contributed by atoms with van der Waals surface area (Å²) in [6, 6.07) is 4.64. The Morgan fingerprint density at radius 1 is 1.18 bits per heavy atom. The van der Waals surface area contributed by atoms with Gasteiger partial charge in [-0.2, -0.15) is 17.5 Å². The van der Waals surface area contributed by atoms with Crippen LogP contribution in [0.1, 0.15) is 49.8 Å². The predicted octanol–water partition coefficient (Wildman–Crippen LogP) is 4.44. The van der Waals surface area contributed by atoms with E-state index >= 15 is 0 Å². The topological polar surface area (TPSA) is 67.7 Å². The van der Waals surface area contributed by atoms with Crippen LogP contribution in [0.15, 0.2) is 30.7 Å². The maximum absolute atomic E-state index is 13.6. The Labute approximate surface area is 198 Å². The van der Waals surface area contributed by atoms with E-state index in [0.29, 0.717) is 40.2 Å². The summed E-state index contributed by atoms with van der Waals surface area (Å²) in [5, 5.41) is 0. The lowest BCUT2D eigenvalue weighted by atomic mass is 9.97. The van der Waals surface area contributed by atoms with Gasteiger partial charge in [-0.3, -0.25) is 0 Å². The van der Waals surface area contributed by atoms with Crippen molar-refractivity contribution in [3.63, 3.8) is 0 Å². The Morgan fingerprint density at radius 2 is 1.91 bits per heavy atom. The van der Waals surface area contributed by atoms with Crippen molar-refractivity contribution in [2.75, 3.05) is 18.6 Å². The van der Waals surface area contributed by atoms with Crippen LogP contribution >= 0.6 is 0 Å². The van der Waals surface area contributed by atoms with E-state index < -0.39 is 21.6 Å². The Bertz CT molecular complexity index is 1100. The van der Waals surface area contributed by atoms with Crippen LogP contribution in [0.4, 0.5) is 18.9 Å². The third kappa shape index (κ3) is 5.05. The molecule has 0 bridgehead atoms. The van der Waals surface area contributed by atoms with Crippen LogP contribution in [0.5, 0.6) is 5.75 Å².